The van der Waals surface area contributed by atoms with E-state index < -0.39 is 0 Å². The number of amides is 2. The quantitative estimate of drug-likeness (QED) is 0.251. The van der Waals surface area contributed by atoms with E-state index in [0.29, 0.717) is 11.5 Å². The highest BCUT2D eigenvalue weighted by Gasteiger charge is 2.27. The van der Waals surface area contributed by atoms with Gasteiger partial charge in [0.1, 0.15) is 5.82 Å². The first kappa shape index (κ1) is 30.7. The van der Waals surface area contributed by atoms with Gasteiger partial charge >= 0.3 is 6.03 Å². The number of benzene rings is 3. The van der Waals surface area contributed by atoms with Crippen molar-refractivity contribution >= 4 is 39.7 Å². The number of aryl methyl sites for hydroxylation is 1. The maximum atomic E-state index is 13.4. The van der Waals surface area contributed by atoms with E-state index in [2.05, 4.69) is 54.3 Å². The van der Waals surface area contributed by atoms with Crippen LogP contribution >= 0.6 is 0 Å². The molecule has 1 atom stereocenters. The van der Waals surface area contributed by atoms with Gasteiger partial charge in [0.05, 0.1) is 17.1 Å². The molecule has 4 aromatic rings. The Kier molecular flexibility index (Phi) is 8.62. The van der Waals surface area contributed by atoms with Crippen molar-refractivity contribution in [2.24, 2.45) is 5.92 Å². The molecule has 8 heteroatoms. The van der Waals surface area contributed by atoms with E-state index in [1.807, 2.05) is 73.7 Å². The third-order valence-electron chi connectivity index (χ3n) is 9.07. The zero-order valence-electron chi connectivity index (χ0n) is 27.1. The van der Waals surface area contributed by atoms with Crippen LogP contribution in [0.3, 0.4) is 0 Å². The van der Waals surface area contributed by atoms with E-state index in [1.54, 1.807) is 4.68 Å². The molecule has 234 valence electrons. The summed E-state index contributed by atoms with van der Waals surface area (Å²) in [6.45, 7) is 13.4. The number of aromatic nitrogens is 2. The van der Waals surface area contributed by atoms with Gasteiger partial charge in [0.2, 0.25) is 0 Å². The number of urea groups is 1. The maximum absolute atomic E-state index is 13.4. The number of nitrogens with one attached hydrogen (secondary N) is 2. The summed E-state index contributed by atoms with van der Waals surface area (Å²) in [7, 11) is 2.15. The highest BCUT2D eigenvalue weighted by atomic mass is 16.2. The SMILES string of the molecule is Cc1ccc(-n2nc(C(C)(C)C)cc2NC(=O)Nc2ccc(C3=CC(=O)C(CN4CCN(C)CC4)CC3)c3ccccc23)cc1. The molecule has 2 N–H and O–H groups in total. The van der Waals surface area contributed by atoms with E-state index in [0.717, 1.165) is 84.4 Å². The lowest BCUT2D eigenvalue weighted by atomic mass is 9.83. The summed E-state index contributed by atoms with van der Waals surface area (Å²) in [5, 5.41) is 12.9. The molecule has 1 aromatic heterocycles. The molecule has 0 saturated carbocycles. The number of likely N-dealkylation sites (N-methyl/N-ethyl adjacent to an activating group) is 1. The molecule has 6 rings (SSSR count). The number of carbonyl (C=O) groups excluding carboxylic acids is 2. The van der Waals surface area contributed by atoms with Crippen LogP contribution in [0.5, 0.6) is 0 Å². The van der Waals surface area contributed by atoms with Crippen molar-refractivity contribution in [3.8, 4) is 5.69 Å². The summed E-state index contributed by atoms with van der Waals surface area (Å²) in [6, 6.07) is 21.7. The van der Waals surface area contributed by atoms with Gasteiger partial charge in [-0.15, -0.1) is 0 Å². The highest BCUT2D eigenvalue weighted by molar-refractivity contribution is 6.10. The lowest BCUT2D eigenvalue weighted by Gasteiger charge is -2.35. The molecule has 0 spiro atoms. The van der Waals surface area contributed by atoms with E-state index >= 15 is 0 Å². The van der Waals surface area contributed by atoms with Crippen LogP contribution in [0.25, 0.3) is 22.0 Å². The second-order valence-corrected chi connectivity index (χ2v) is 13.6. The number of anilines is 2. The van der Waals surface area contributed by atoms with Crippen LogP contribution in [0, 0.1) is 12.8 Å². The third kappa shape index (κ3) is 6.87. The normalized spacial score (nSPS) is 18.2. The smallest absolute Gasteiger partial charge is 0.307 e. The second-order valence-electron chi connectivity index (χ2n) is 13.6. The van der Waals surface area contributed by atoms with Gasteiger partial charge in [0.15, 0.2) is 5.78 Å². The zero-order valence-corrected chi connectivity index (χ0v) is 27.1. The average Bonchev–Trinajstić information content (AvgIpc) is 3.44. The molecule has 1 saturated heterocycles. The van der Waals surface area contributed by atoms with Crippen molar-refractivity contribution in [1.29, 1.82) is 0 Å². The monoisotopic (exact) mass is 604 g/mol. The van der Waals surface area contributed by atoms with Crippen LogP contribution in [0.1, 0.15) is 50.4 Å². The van der Waals surface area contributed by atoms with E-state index in [1.165, 1.54) is 0 Å². The second kappa shape index (κ2) is 12.6. The van der Waals surface area contributed by atoms with E-state index in [9.17, 15) is 9.59 Å². The van der Waals surface area contributed by atoms with Crippen molar-refractivity contribution in [1.82, 2.24) is 19.6 Å². The Hall–Kier alpha value is -4.27. The van der Waals surface area contributed by atoms with Crippen LogP contribution in [0.2, 0.25) is 0 Å². The molecular formula is C37H44N6O2. The topological polar surface area (TPSA) is 82.5 Å². The number of allylic oxidation sites excluding steroid dienone is 2. The fourth-order valence-corrected chi connectivity index (χ4v) is 6.25. The van der Waals surface area contributed by atoms with Gasteiger partial charge in [-0.2, -0.15) is 5.10 Å². The molecule has 0 radical (unpaired) electrons. The van der Waals surface area contributed by atoms with Crippen molar-refractivity contribution < 1.29 is 9.59 Å². The predicted molar refractivity (Wildman–Crippen MR) is 183 cm³/mol. The lowest BCUT2D eigenvalue weighted by molar-refractivity contribution is -0.119. The van der Waals surface area contributed by atoms with Gasteiger partial charge in [-0.05, 0) is 67.6 Å². The lowest BCUT2D eigenvalue weighted by Crippen LogP contribution is -2.47. The summed E-state index contributed by atoms with van der Waals surface area (Å²) in [4.78, 5) is 31.5. The van der Waals surface area contributed by atoms with Gasteiger partial charge in [-0.25, -0.2) is 9.48 Å². The Labute approximate surface area is 266 Å². The zero-order chi connectivity index (χ0) is 31.7. The Morgan fingerprint density at radius 3 is 2.33 bits per heavy atom. The van der Waals surface area contributed by atoms with Gasteiger partial charge < -0.3 is 15.1 Å². The van der Waals surface area contributed by atoms with Gasteiger partial charge in [-0.1, -0.05) is 68.8 Å². The van der Waals surface area contributed by atoms with Crippen LogP contribution in [-0.4, -0.2) is 71.2 Å². The number of rotatable bonds is 6. The standard InChI is InChI=1S/C37H44N6O2/c1-25-10-14-28(15-11-25)43-35(23-34(40-43)37(2,3)4)39-36(45)38-32-17-16-29(30-8-6-7-9-31(30)32)26-12-13-27(33(44)22-26)24-42-20-18-41(5)19-21-42/h6-11,14-17,22-23,27H,12-13,18-21,24H2,1-5H3,(H2,38,39,45). The van der Waals surface area contributed by atoms with Crippen molar-refractivity contribution in [3.63, 3.8) is 0 Å². The first-order chi connectivity index (χ1) is 21.5. The van der Waals surface area contributed by atoms with Gasteiger partial charge in [-0.3, -0.25) is 10.1 Å². The number of fused-ring (bicyclic) bond motifs is 1. The Morgan fingerprint density at radius 2 is 1.64 bits per heavy atom. The Bertz CT molecular complexity index is 1740. The molecule has 0 bridgehead atoms. The number of hydrogen-bond acceptors (Lipinski definition) is 5. The fourth-order valence-electron chi connectivity index (χ4n) is 6.25. The van der Waals surface area contributed by atoms with Crippen LogP contribution in [-0.2, 0) is 10.2 Å². The highest BCUT2D eigenvalue weighted by Crippen LogP contribution is 2.36. The van der Waals surface area contributed by atoms with Crippen molar-refractivity contribution in [2.75, 3.05) is 50.4 Å². The molecular weight excluding hydrogens is 560 g/mol. The summed E-state index contributed by atoms with van der Waals surface area (Å²) in [6.07, 6.45) is 3.59. The number of piperazine rings is 1. The third-order valence-corrected chi connectivity index (χ3v) is 9.07. The summed E-state index contributed by atoms with van der Waals surface area (Å²) in [5.41, 5.74) is 5.56. The molecule has 45 heavy (non-hydrogen) atoms. The first-order valence-corrected chi connectivity index (χ1v) is 16.0. The molecule has 3 aromatic carbocycles. The molecule has 1 fully saturated rings. The largest absolute Gasteiger partial charge is 0.324 e. The maximum Gasteiger partial charge on any atom is 0.324 e. The van der Waals surface area contributed by atoms with Crippen molar-refractivity contribution in [2.45, 2.75) is 46.0 Å². The number of ketones is 1. The molecule has 1 aliphatic heterocycles. The number of hydrogen-bond donors (Lipinski definition) is 2. The summed E-state index contributed by atoms with van der Waals surface area (Å²) in [5.74, 6) is 0.875. The molecule has 2 aliphatic rings. The van der Waals surface area contributed by atoms with Crippen LogP contribution in [0.15, 0.2) is 72.8 Å². The fraction of sp³-hybridized carbons (Fsp3) is 0.378. The van der Waals surface area contributed by atoms with E-state index in [4.69, 9.17) is 5.10 Å². The van der Waals surface area contributed by atoms with Gasteiger partial charge in [0.25, 0.3) is 0 Å². The first-order valence-electron chi connectivity index (χ1n) is 16.0. The molecule has 1 aliphatic carbocycles. The van der Waals surface area contributed by atoms with Gasteiger partial charge in [0, 0.05) is 55.5 Å². The minimum Gasteiger partial charge on any atom is -0.307 e. The van der Waals surface area contributed by atoms with Crippen LogP contribution in [0.4, 0.5) is 16.3 Å². The molecule has 1 unspecified atom stereocenters. The minimum atomic E-state index is -0.347. The molecule has 2 heterocycles. The van der Waals surface area contributed by atoms with Crippen LogP contribution < -0.4 is 10.6 Å². The van der Waals surface area contributed by atoms with E-state index in [-0.39, 0.29) is 23.1 Å². The number of carbonyl (C=O) groups is 2. The summed E-state index contributed by atoms with van der Waals surface area (Å²) < 4.78 is 1.78. The number of nitrogens with zero attached hydrogens (tertiary/aromatic N) is 4. The van der Waals surface area contributed by atoms with Crippen molar-refractivity contribution in [3.05, 3.63) is 89.6 Å². The summed E-state index contributed by atoms with van der Waals surface area (Å²) >= 11 is 0. The Balaban J connectivity index is 1.21. The molecule has 8 nitrogen and oxygen atoms in total. The predicted octanol–water partition coefficient (Wildman–Crippen LogP) is 6.89. The average molecular weight is 605 g/mol. The molecule has 2 amide bonds. The Morgan fingerprint density at radius 1 is 0.933 bits per heavy atom. The minimum absolute atomic E-state index is 0.0557.